The first-order valence-corrected chi connectivity index (χ1v) is 4.73. The van der Waals surface area contributed by atoms with Crippen LogP contribution >= 0.6 is 11.6 Å². The Morgan fingerprint density at radius 1 is 1.69 bits per heavy atom. The molecule has 0 aliphatic carbocycles. The summed E-state index contributed by atoms with van der Waals surface area (Å²) in [6.07, 6.45) is 1.34. The summed E-state index contributed by atoms with van der Waals surface area (Å²) in [4.78, 5) is 30.8. The molecular formula is C8H7ClN4O3. The van der Waals surface area contributed by atoms with Crippen LogP contribution in [-0.4, -0.2) is 40.0 Å². The van der Waals surface area contributed by atoms with Crippen molar-refractivity contribution < 1.29 is 14.7 Å². The summed E-state index contributed by atoms with van der Waals surface area (Å²) in [5.41, 5.74) is 0.363. The molecule has 16 heavy (non-hydrogen) atoms. The lowest BCUT2D eigenvalue weighted by molar-refractivity contribution is -0.135. The van der Waals surface area contributed by atoms with Crippen molar-refractivity contribution in [2.24, 2.45) is 0 Å². The number of carboxylic acids is 1. The van der Waals surface area contributed by atoms with E-state index in [1.54, 1.807) is 0 Å². The summed E-state index contributed by atoms with van der Waals surface area (Å²) in [7, 11) is 0. The molecule has 0 radical (unpaired) electrons. The molecule has 0 fully saturated rings. The molecule has 0 bridgehead atoms. The van der Waals surface area contributed by atoms with Gasteiger partial charge in [0.1, 0.15) is 12.2 Å². The van der Waals surface area contributed by atoms with Gasteiger partial charge in [0.25, 0.3) is 0 Å². The van der Waals surface area contributed by atoms with Crippen LogP contribution < -0.4 is 10.2 Å². The second-order valence-electron chi connectivity index (χ2n) is 3.17. The SMILES string of the molecule is O=C(O)CN1CC(=O)Nc2cnc(Cl)nc21. The van der Waals surface area contributed by atoms with E-state index in [9.17, 15) is 9.59 Å². The molecule has 0 saturated carbocycles. The number of halogens is 1. The normalized spacial score (nSPS) is 14.3. The maximum Gasteiger partial charge on any atom is 0.323 e. The van der Waals surface area contributed by atoms with Gasteiger partial charge in [-0.3, -0.25) is 9.59 Å². The third-order valence-electron chi connectivity index (χ3n) is 1.97. The molecule has 0 aromatic carbocycles. The first-order valence-electron chi connectivity index (χ1n) is 4.35. The van der Waals surface area contributed by atoms with E-state index >= 15 is 0 Å². The van der Waals surface area contributed by atoms with Gasteiger partial charge >= 0.3 is 5.97 Å². The average molecular weight is 243 g/mol. The first kappa shape index (κ1) is 10.6. The summed E-state index contributed by atoms with van der Waals surface area (Å²) in [5, 5.41) is 11.2. The predicted molar refractivity (Wildman–Crippen MR) is 55.5 cm³/mol. The molecule has 1 aromatic rings. The predicted octanol–water partition coefficient (Wildman–Crippen LogP) is -0.0269. The Balaban J connectivity index is 2.39. The van der Waals surface area contributed by atoms with Crippen LogP contribution in [0.25, 0.3) is 0 Å². The minimum atomic E-state index is -1.05. The highest BCUT2D eigenvalue weighted by atomic mass is 35.5. The highest BCUT2D eigenvalue weighted by Gasteiger charge is 2.25. The molecule has 84 valence electrons. The second kappa shape index (κ2) is 3.93. The largest absolute Gasteiger partial charge is 0.480 e. The molecule has 0 saturated heterocycles. The zero-order valence-corrected chi connectivity index (χ0v) is 8.73. The number of carbonyl (C=O) groups excluding carboxylic acids is 1. The maximum absolute atomic E-state index is 11.3. The Morgan fingerprint density at radius 2 is 2.44 bits per heavy atom. The van der Waals surface area contributed by atoms with Crippen molar-refractivity contribution in [3.05, 3.63) is 11.5 Å². The Labute approximate surface area is 95.1 Å². The second-order valence-corrected chi connectivity index (χ2v) is 3.51. The zero-order valence-electron chi connectivity index (χ0n) is 7.97. The molecule has 1 aliphatic rings. The van der Waals surface area contributed by atoms with Gasteiger partial charge in [-0.15, -0.1) is 0 Å². The first-order chi connectivity index (χ1) is 7.56. The van der Waals surface area contributed by atoms with E-state index in [0.717, 1.165) is 0 Å². The molecule has 7 nitrogen and oxygen atoms in total. The minimum absolute atomic E-state index is 0.00490. The van der Waals surface area contributed by atoms with Crippen LogP contribution in [0.5, 0.6) is 0 Å². The van der Waals surface area contributed by atoms with Gasteiger partial charge in [0.15, 0.2) is 5.82 Å². The van der Waals surface area contributed by atoms with E-state index in [0.29, 0.717) is 11.5 Å². The number of hydrogen-bond donors (Lipinski definition) is 2. The summed E-state index contributed by atoms with van der Waals surface area (Å²) in [6, 6.07) is 0. The van der Waals surface area contributed by atoms with E-state index in [1.165, 1.54) is 11.1 Å². The molecule has 1 amide bonds. The summed E-state index contributed by atoms with van der Waals surface area (Å²) in [5.74, 6) is -1.03. The fourth-order valence-electron chi connectivity index (χ4n) is 1.41. The molecule has 2 heterocycles. The number of rotatable bonds is 2. The number of carboxylic acid groups (broad SMARTS) is 1. The number of fused-ring (bicyclic) bond motifs is 1. The maximum atomic E-state index is 11.3. The van der Waals surface area contributed by atoms with Crippen molar-refractivity contribution >= 4 is 35.0 Å². The van der Waals surface area contributed by atoms with Gasteiger partial charge in [0.2, 0.25) is 11.2 Å². The van der Waals surface area contributed by atoms with Gasteiger partial charge in [0, 0.05) is 0 Å². The molecule has 2 rings (SSSR count). The van der Waals surface area contributed by atoms with E-state index < -0.39 is 5.97 Å². The van der Waals surface area contributed by atoms with E-state index in [1.807, 2.05) is 0 Å². The molecular weight excluding hydrogens is 236 g/mol. The van der Waals surface area contributed by atoms with Crippen LogP contribution in [0.1, 0.15) is 0 Å². The molecule has 8 heteroatoms. The van der Waals surface area contributed by atoms with Crippen LogP contribution in [-0.2, 0) is 9.59 Å². The topological polar surface area (TPSA) is 95.4 Å². The van der Waals surface area contributed by atoms with Gasteiger partial charge in [0.05, 0.1) is 12.7 Å². The van der Waals surface area contributed by atoms with Crippen molar-refractivity contribution in [2.75, 3.05) is 23.3 Å². The lowest BCUT2D eigenvalue weighted by Crippen LogP contribution is -2.41. The van der Waals surface area contributed by atoms with E-state index in [2.05, 4.69) is 15.3 Å². The number of nitrogens with one attached hydrogen (secondary N) is 1. The number of carbonyl (C=O) groups is 2. The van der Waals surface area contributed by atoms with Crippen LogP contribution in [0, 0.1) is 0 Å². The number of aliphatic carboxylic acids is 1. The van der Waals surface area contributed by atoms with Gasteiger partial charge in [-0.2, -0.15) is 4.98 Å². The number of amides is 1. The summed E-state index contributed by atoms with van der Waals surface area (Å²) in [6.45, 7) is -0.375. The van der Waals surface area contributed by atoms with Crippen LogP contribution in [0.2, 0.25) is 5.28 Å². The smallest absolute Gasteiger partial charge is 0.323 e. The minimum Gasteiger partial charge on any atom is -0.480 e. The number of anilines is 2. The molecule has 1 aliphatic heterocycles. The van der Waals surface area contributed by atoms with Gasteiger partial charge in [-0.1, -0.05) is 0 Å². The number of nitrogens with zero attached hydrogens (tertiary/aromatic N) is 3. The third-order valence-corrected chi connectivity index (χ3v) is 2.16. The Kier molecular flexibility index (Phi) is 2.61. The quantitative estimate of drug-likeness (QED) is 0.708. The molecule has 1 aromatic heterocycles. The molecule has 2 N–H and O–H groups in total. The Morgan fingerprint density at radius 3 is 3.12 bits per heavy atom. The summed E-state index contributed by atoms with van der Waals surface area (Å²) < 4.78 is 0. The Bertz CT molecular complexity index is 465. The fraction of sp³-hybridized carbons (Fsp3) is 0.250. The van der Waals surface area contributed by atoms with Crippen molar-refractivity contribution in [3.63, 3.8) is 0 Å². The Hall–Kier alpha value is -1.89. The van der Waals surface area contributed by atoms with Crippen LogP contribution in [0.15, 0.2) is 6.20 Å². The van der Waals surface area contributed by atoms with Crippen molar-refractivity contribution in [1.29, 1.82) is 0 Å². The number of aromatic nitrogens is 2. The van der Waals surface area contributed by atoms with Crippen molar-refractivity contribution in [2.45, 2.75) is 0 Å². The summed E-state index contributed by atoms with van der Waals surface area (Å²) >= 11 is 5.61. The number of hydrogen-bond acceptors (Lipinski definition) is 5. The highest BCUT2D eigenvalue weighted by molar-refractivity contribution is 6.28. The zero-order chi connectivity index (χ0) is 11.7. The highest BCUT2D eigenvalue weighted by Crippen LogP contribution is 2.26. The lowest BCUT2D eigenvalue weighted by atomic mass is 10.3. The van der Waals surface area contributed by atoms with Gasteiger partial charge < -0.3 is 15.3 Å². The standard InChI is InChI=1S/C8H7ClN4O3/c9-8-10-1-4-7(12-8)13(3-6(15)16)2-5(14)11-4/h1H,2-3H2,(H,11,14)(H,15,16). The lowest BCUT2D eigenvalue weighted by Gasteiger charge is -2.27. The molecule has 0 unspecified atom stereocenters. The van der Waals surface area contributed by atoms with Crippen molar-refractivity contribution in [3.8, 4) is 0 Å². The molecule has 0 atom stereocenters. The third kappa shape index (κ3) is 2.03. The fourth-order valence-corrected chi connectivity index (χ4v) is 1.54. The molecule has 0 spiro atoms. The van der Waals surface area contributed by atoms with Gasteiger partial charge in [-0.05, 0) is 11.6 Å². The van der Waals surface area contributed by atoms with Crippen LogP contribution in [0.4, 0.5) is 11.5 Å². The van der Waals surface area contributed by atoms with Crippen molar-refractivity contribution in [1.82, 2.24) is 9.97 Å². The van der Waals surface area contributed by atoms with E-state index in [-0.39, 0.29) is 24.3 Å². The van der Waals surface area contributed by atoms with E-state index in [4.69, 9.17) is 16.7 Å². The monoisotopic (exact) mass is 242 g/mol. The van der Waals surface area contributed by atoms with Gasteiger partial charge in [-0.25, -0.2) is 4.98 Å². The average Bonchev–Trinajstić information content (AvgIpc) is 2.18. The van der Waals surface area contributed by atoms with Crippen LogP contribution in [0.3, 0.4) is 0 Å².